The molecule has 0 aliphatic rings. The summed E-state index contributed by atoms with van der Waals surface area (Å²) in [6.07, 6.45) is 5.71. The van der Waals surface area contributed by atoms with Gasteiger partial charge in [-0.2, -0.15) is 0 Å². The maximum atomic E-state index is 5.97. The number of hydrogen-bond donors (Lipinski definition) is 1. The molecule has 0 aliphatic heterocycles. The molecule has 2 aromatic rings. The van der Waals surface area contributed by atoms with Crippen LogP contribution in [0.4, 0.5) is 0 Å². The van der Waals surface area contributed by atoms with Crippen LogP contribution in [-0.4, -0.2) is 7.05 Å². The van der Waals surface area contributed by atoms with Crippen LogP contribution in [0.1, 0.15) is 12.5 Å². The second kappa shape index (κ2) is 6.10. The summed E-state index contributed by atoms with van der Waals surface area (Å²) in [6.45, 7) is 4.08. The molecule has 0 aromatic heterocycles. The zero-order valence-corrected chi connectivity index (χ0v) is 11.6. The molecule has 0 heterocycles. The summed E-state index contributed by atoms with van der Waals surface area (Å²) in [4.78, 5) is 0. The molecule has 0 amide bonds. The van der Waals surface area contributed by atoms with Crippen LogP contribution in [0.25, 0.3) is 10.8 Å². The maximum Gasteiger partial charge on any atom is 0.135 e. The first-order valence-corrected chi connectivity index (χ1v) is 6.42. The van der Waals surface area contributed by atoms with E-state index in [2.05, 4.69) is 36.5 Å². The molecule has 19 heavy (non-hydrogen) atoms. The van der Waals surface area contributed by atoms with E-state index in [9.17, 15) is 0 Å². The van der Waals surface area contributed by atoms with Gasteiger partial charge >= 0.3 is 0 Å². The Balaban J connectivity index is 2.41. The smallest absolute Gasteiger partial charge is 0.135 e. The average Bonchev–Trinajstić information content (AvgIpc) is 2.46. The molecule has 0 spiro atoms. The molecular formula is C17H19NO. The lowest BCUT2D eigenvalue weighted by molar-refractivity contribution is 0.448. The molecule has 2 heteroatoms. The number of ether oxygens (including phenoxy) is 1. The van der Waals surface area contributed by atoms with Gasteiger partial charge in [-0.1, -0.05) is 30.3 Å². The predicted octanol–water partition coefficient (Wildman–Crippen LogP) is 4.16. The molecule has 0 atom stereocenters. The lowest BCUT2D eigenvalue weighted by atomic mass is 10.0. The number of rotatable bonds is 4. The third-order valence-electron chi connectivity index (χ3n) is 3.03. The van der Waals surface area contributed by atoms with Crippen molar-refractivity contribution in [1.82, 2.24) is 5.32 Å². The van der Waals surface area contributed by atoms with Gasteiger partial charge in [0.15, 0.2) is 0 Å². The van der Waals surface area contributed by atoms with Crippen molar-refractivity contribution in [3.8, 4) is 5.75 Å². The number of hydrogen-bond acceptors (Lipinski definition) is 2. The fourth-order valence-corrected chi connectivity index (χ4v) is 1.99. The Labute approximate surface area is 114 Å². The Bertz CT molecular complexity index is 626. The van der Waals surface area contributed by atoms with E-state index in [0.29, 0.717) is 0 Å². The van der Waals surface area contributed by atoms with Gasteiger partial charge in [-0.15, -0.1) is 0 Å². The van der Waals surface area contributed by atoms with Gasteiger partial charge in [0.1, 0.15) is 11.5 Å². The van der Waals surface area contributed by atoms with Crippen LogP contribution in [0, 0.1) is 6.92 Å². The van der Waals surface area contributed by atoms with E-state index in [1.165, 1.54) is 10.9 Å². The lowest BCUT2D eigenvalue weighted by Crippen LogP contribution is -1.97. The third kappa shape index (κ3) is 2.97. The first kappa shape index (κ1) is 13.2. The molecule has 0 saturated carbocycles. The minimum absolute atomic E-state index is 0.823. The Morgan fingerprint density at radius 3 is 2.53 bits per heavy atom. The van der Waals surface area contributed by atoms with E-state index in [4.69, 9.17) is 4.74 Å². The summed E-state index contributed by atoms with van der Waals surface area (Å²) in [5.74, 6) is 1.71. The van der Waals surface area contributed by atoms with Crippen LogP contribution in [-0.2, 0) is 0 Å². The third-order valence-corrected chi connectivity index (χ3v) is 3.03. The molecule has 0 radical (unpaired) electrons. The van der Waals surface area contributed by atoms with Gasteiger partial charge in [-0.05, 0) is 49.2 Å². The van der Waals surface area contributed by atoms with E-state index in [1.807, 2.05) is 44.5 Å². The number of benzene rings is 2. The van der Waals surface area contributed by atoms with Crippen molar-refractivity contribution in [3.05, 3.63) is 66.1 Å². The first-order chi connectivity index (χ1) is 9.26. The van der Waals surface area contributed by atoms with E-state index in [-0.39, 0.29) is 0 Å². The van der Waals surface area contributed by atoms with Crippen LogP contribution in [0.5, 0.6) is 5.75 Å². The summed E-state index contributed by atoms with van der Waals surface area (Å²) in [7, 11) is 1.87. The number of allylic oxidation sites excluding steroid dienone is 2. The molecule has 0 fully saturated rings. The van der Waals surface area contributed by atoms with Gasteiger partial charge in [-0.3, -0.25) is 0 Å². The summed E-state index contributed by atoms with van der Waals surface area (Å²) >= 11 is 0. The Kier molecular flexibility index (Phi) is 4.24. The summed E-state index contributed by atoms with van der Waals surface area (Å²) in [5.41, 5.74) is 1.26. The molecule has 2 rings (SSSR count). The Morgan fingerprint density at radius 2 is 1.84 bits per heavy atom. The maximum absolute atomic E-state index is 5.97. The predicted molar refractivity (Wildman–Crippen MR) is 81.3 cm³/mol. The minimum atomic E-state index is 0.823. The topological polar surface area (TPSA) is 21.3 Å². The van der Waals surface area contributed by atoms with Gasteiger partial charge < -0.3 is 10.1 Å². The van der Waals surface area contributed by atoms with Gasteiger partial charge in [0.2, 0.25) is 0 Å². The standard InChI is InChI=1S/C17H19NO/c1-4-14(11-12-18-3)19-17-10-9-13(2)15-7-5-6-8-16(15)17/h4-12,18H,1-3H3/b12-11-,14-4+. The number of fused-ring (bicyclic) bond motifs is 1. The summed E-state index contributed by atoms with van der Waals surface area (Å²) < 4.78 is 5.97. The van der Waals surface area contributed by atoms with Crippen molar-refractivity contribution in [2.24, 2.45) is 0 Å². The molecule has 0 bridgehead atoms. The second-order valence-electron chi connectivity index (χ2n) is 4.34. The Morgan fingerprint density at radius 1 is 1.11 bits per heavy atom. The second-order valence-corrected chi connectivity index (χ2v) is 4.34. The van der Waals surface area contributed by atoms with Crippen LogP contribution >= 0.6 is 0 Å². The van der Waals surface area contributed by atoms with Crippen molar-refractivity contribution in [2.45, 2.75) is 13.8 Å². The molecule has 1 N–H and O–H groups in total. The van der Waals surface area contributed by atoms with Crippen LogP contribution in [0.2, 0.25) is 0 Å². The average molecular weight is 253 g/mol. The molecule has 2 aromatic carbocycles. The van der Waals surface area contributed by atoms with Crippen molar-refractivity contribution in [3.63, 3.8) is 0 Å². The monoisotopic (exact) mass is 253 g/mol. The van der Waals surface area contributed by atoms with Crippen molar-refractivity contribution < 1.29 is 4.74 Å². The number of aryl methyl sites for hydroxylation is 1. The quantitative estimate of drug-likeness (QED) is 0.652. The van der Waals surface area contributed by atoms with E-state index < -0.39 is 0 Å². The van der Waals surface area contributed by atoms with Crippen molar-refractivity contribution >= 4 is 10.8 Å². The number of nitrogens with one attached hydrogen (secondary N) is 1. The van der Waals surface area contributed by atoms with E-state index in [0.717, 1.165) is 16.9 Å². The fourth-order valence-electron chi connectivity index (χ4n) is 1.99. The molecular weight excluding hydrogens is 234 g/mol. The molecule has 0 aliphatic carbocycles. The van der Waals surface area contributed by atoms with Crippen LogP contribution in [0.15, 0.2) is 60.5 Å². The highest BCUT2D eigenvalue weighted by atomic mass is 16.5. The highest BCUT2D eigenvalue weighted by molar-refractivity contribution is 5.91. The fraction of sp³-hybridized carbons (Fsp3) is 0.176. The zero-order chi connectivity index (χ0) is 13.7. The molecule has 2 nitrogen and oxygen atoms in total. The minimum Gasteiger partial charge on any atom is -0.457 e. The van der Waals surface area contributed by atoms with Crippen molar-refractivity contribution in [1.29, 1.82) is 0 Å². The van der Waals surface area contributed by atoms with Gasteiger partial charge in [0, 0.05) is 12.4 Å². The lowest BCUT2D eigenvalue weighted by Gasteiger charge is -2.11. The van der Waals surface area contributed by atoms with Crippen LogP contribution < -0.4 is 10.1 Å². The van der Waals surface area contributed by atoms with E-state index >= 15 is 0 Å². The Hall–Kier alpha value is -2.22. The summed E-state index contributed by atoms with van der Waals surface area (Å²) in [5, 5.41) is 5.33. The van der Waals surface area contributed by atoms with Gasteiger partial charge in [-0.25, -0.2) is 0 Å². The summed E-state index contributed by atoms with van der Waals surface area (Å²) in [6, 6.07) is 12.4. The van der Waals surface area contributed by atoms with Gasteiger partial charge in [0.05, 0.1) is 0 Å². The zero-order valence-electron chi connectivity index (χ0n) is 11.6. The van der Waals surface area contributed by atoms with Gasteiger partial charge in [0.25, 0.3) is 0 Å². The largest absolute Gasteiger partial charge is 0.457 e. The van der Waals surface area contributed by atoms with Crippen LogP contribution in [0.3, 0.4) is 0 Å². The first-order valence-electron chi connectivity index (χ1n) is 6.42. The molecule has 0 unspecified atom stereocenters. The molecule has 0 saturated heterocycles. The molecule has 98 valence electrons. The SMILES string of the molecule is C/C=C(\C=C/NC)Oc1ccc(C)c2ccccc12. The highest BCUT2D eigenvalue weighted by Gasteiger charge is 2.05. The normalized spacial score (nSPS) is 12.1. The van der Waals surface area contributed by atoms with Crippen molar-refractivity contribution in [2.75, 3.05) is 7.05 Å². The van der Waals surface area contributed by atoms with E-state index in [1.54, 1.807) is 0 Å². The highest BCUT2D eigenvalue weighted by Crippen LogP contribution is 2.29.